The van der Waals surface area contributed by atoms with E-state index in [1.165, 1.54) is 0 Å². The number of Topliss-reactive ketones (excluding diaryl/α,β-unsaturated/α-hetero) is 1. The number of nitrogens with zero attached hydrogens (tertiary/aromatic N) is 2. The first-order valence-corrected chi connectivity index (χ1v) is 22.8. The van der Waals surface area contributed by atoms with E-state index in [9.17, 15) is 32.4 Å². The highest BCUT2D eigenvalue weighted by Crippen LogP contribution is 2.65. The van der Waals surface area contributed by atoms with Crippen LogP contribution in [0.15, 0.2) is 0 Å². The number of hydrogen-bond acceptors (Lipinski definition) is 8. The molecule has 4 saturated carbocycles. The van der Waals surface area contributed by atoms with E-state index in [2.05, 4.69) is 40.0 Å². The Hall–Kier alpha value is -2.74. The van der Waals surface area contributed by atoms with Crippen molar-refractivity contribution in [2.75, 3.05) is 31.9 Å². The van der Waals surface area contributed by atoms with E-state index in [4.69, 9.17) is 0 Å². The van der Waals surface area contributed by atoms with Crippen molar-refractivity contribution in [1.29, 1.82) is 0 Å². The predicted octanol–water partition coefficient (Wildman–Crippen LogP) is 3.70. The molecule has 55 heavy (non-hydrogen) atoms. The Morgan fingerprint density at radius 3 is 2.07 bits per heavy atom. The zero-order valence-electron chi connectivity index (χ0n) is 34.4. The number of amides is 5. The van der Waals surface area contributed by atoms with Crippen molar-refractivity contribution >= 4 is 39.4 Å². The summed E-state index contributed by atoms with van der Waals surface area (Å²) in [6.07, 6.45) is 10.7. The lowest BCUT2D eigenvalue weighted by molar-refractivity contribution is -0.145. The monoisotopic (exact) mass is 788 g/mol. The van der Waals surface area contributed by atoms with Gasteiger partial charge in [0, 0.05) is 19.1 Å². The smallest absolute Gasteiger partial charge is 0.315 e. The first kappa shape index (κ1) is 41.9. The van der Waals surface area contributed by atoms with Gasteiger partial charge in [0.05, 0.1) is 22.1 Å². The summed E-state index contributed by atoms with van der Waals surface area (Å²) in [5.41, 5.74) is -1.92. The molecule has 6 rings (SSSR count). The number of hydrogen-bond donors (Lipinski definition) is 4. The lowest BCUT2D eigenvalue weighted by atomic mass is 9.83. The predicted molar refractivity (Wildman–Crippen MR) is 211 cm³/mol. The van der Waals surface area contributed by atoms with E-state index in [1.807, 2.05) is 20.8 Å². The van der Waals surface area contributed by atoms with Crippen molar-refractivity contribution in [3.8, 4) is 0 Å². The topological polar surface area (TPSA) is 174 Å². The number of nitrogens with one attached hydrogen (secondary N) is 4. The highest BCUT2D eigenvalue weighted by Gasteiger charge is 2.70. The van der Waals surface area contributed by atoms with Crippen LogP contribution in [0.1, 0.15) is 132 Å². The average Bonchev–Trinajstić information content (AvgIpc) is 4.05. The normalized spacial score (nSPS) is 27.4. The van der Waals surface area contributed by atoms with Crippen LogP contribution in [0.25, 0.3) is 0 Å². The van der Waals surface area contributed by atoms with Crippen molar-refractivity contribution < 1.29 is 32.4 Å². The second-order valence-electron chi connectivity index (χ2n) is 20.3. The Labute approximate surface area is 328 Å². The van der Waals surface area contributed by atoms with Gasteiger partial charge in [0.25, 0.3) is 5.91 Å². The molecule has 13 nitrogen and oxygen atoms in total. The fraction of sp³-hybridized carbons (Fsp3) is 0.878. The molecule has 14 heteroatoms. The molecule has 4 aliphatic carbocycles. The Morgan fingerprint density at radius 2 is 1.49 bits per heavy atom. The van der Waals surface area contributed by atoms with Crippen molar-refractivity contribution in [3.63, 3.8) is 0 Å². The number of sulfone groups is 1. The summed E-state index contributed by atoms with van der Waals surface area (Å²) < 4.78 is 27.2. The minimum atomic E-state index is -3.65. The molecule has 0 aromatic rings. The molecule has 0 aromatic carbocycles. The number of urea groups is 1. The number of rotatable bonds is 16. The number of fused-ring (bicyclic) bond motifs is 1. The zero-order chi connectivity index (χ0) is 40.1. The summed E-state index contributed by atoms with van der Waals surface area (Å²) in [5, 5.41) is 11.7. The molecular weight excluding hydrogens is 721 g/mol. The van der Waals surface area contributed by atoms with Crippen molar-refractivity contribution in [2.24, 2.45) is 28.6 Å². The van der Waals surface area contributed by atoms with Crippen molar-refractivity contribution in [2.45, 2.75) is 166 Å². The van der Waals surface area contributed by atoms with E-state index in [-0.39, 0.29) is 29.0 Å². The van der Waals surface area contributed by atoms with E-state index in [1.54, 1.807) is 18.7 Å². The molecule has 2 heterocycles. The lowest BCUT2D eigenvalue weighted by Crippen LogP contribution is -2.64. The maximum absolute atomic E-state index is 14.7. The number of likely N-dealkylation sites (tertiary alicyclic amines) is 2. The molecule has 6 fully saturated rings. The van der Waals surface area contributed by atoms with Gasteiger partial charge in [-0.2, -0.15) is 0 Å². The standard InChI is InChI=1S/C41H68N6O7S/c1-38(2,3)33(44-37(52)45-41(19-9-8-10-20-41)25-55(53,54)39(4,5)24-46-21-11-12-22-46)36(51)47-23-28-30(40(28,6)7)31(47)34(49)43-29(18-15-26-13-14-26)32(48)35(50)42-27-16-17-27/h26-31,33H,8-25H2,1-7H3,(H,42,50)(H,43,49)(H2,44,45,52)/t28-,29-,30-,31-,33+/m0/s1. The summed E-state index contributed by atoms with van der Waals surface area (Å²) in [6.45, 7) is 15.9. The van der Waals surface area contributed by atoms with Crippen LogP contribution in [0.4, 0.5) is 4.79 Å². The highest BCUT2D eigenvalue weighted by atomic mass is 32.2. The van der Waals surface area contributed by atoms with Gasteiger partial charge < -0.3 is 31.1 Å². The number of piperidine rings is 1. The van der Waals surface area contributed by atoms with E-state index in [0.717, 1.165) is 77.3 Å². The van der Waals surface area contributed by atoms with Gasteiger partial charge in [-0.25, -0.2) is 13.2 Å². The summed E-state index contributed by atoms with van der Waals surface area (Å²) in [5.74, 6) is -1.90. The molecule has 0 radical (unpaired) electrons. The number of carbonyl (C=O) groups excluding carboxylic acids is 5. The summed E-state index contributed by atoms with van der Waals surface area (Å²) >= 11 is 0. The molecule has 310 valence electrons. The van der Waals surface area contributed by atoms with Gasteiger partial charge in [0.2, 0.25) is 17.6 Å². The Kier molecular flexibility index (Phi) is 11.8. The van der Waals surface area contributed by atoms with Crippen LogP contribution in [-0.2, 0) is 29.0 Å². The fourth-order valence-electron chi connectivity index (χ4n) is 9.68. The Balaban J connectivity index is 1.17. The van der Waals surface area contributed by atoms with Crippen LogP contribution < -0.4 is 21.3 Å². The van der Waals surface area contributed by atoms with E-state index >= 15 is 0 Å². The van der Waals surface area contributed by atoms with Crippen LogP contribution >= 0.6 is 0 Å². The molecular formula is C41H68N6O7S. The fourth-order valence-corrected chi connectivity index (χ4v) is 11.5. The molecule has 6 aliphatic rings. The third-order valence-electron chi connectivity index (χ3n) is 13.8. The maximum atomic E-state index is 14.7. The van der Waals surface area contributed by atoms with Gasteiger partial charge in [-0.1, -0.05) is 66.7 Å². The average molecular weight is 789 g/mol. The molecule has 5 atom stereocenters. The van der Waals surface area contributed by atoms with Crippen LogP contribution in [0.5, 0.6) is 0 Å². The third-order valence-corrected chi connectivity index (χ3v) is 16.5. The molecule has 2 aliphatic heterocycles. The number of carbonyl (C=O) groups is 5. The molecule has 4 N–H and O–H groups in total. The first-order valence-electron chi connectivity index (χ1n) is 21.1. The van der Waals surface area contributed by atoms with Crippen LogP contribution in [0.3, 0.4) is 0 Å². The molecule has 0 aromatic heterocycles. The lowest BCUT2D eigenvalue weighted by Gasteiger charge is -2.42. The minimum absolute atomic E-state index is 0.00949. The summed E-state index contributed by atoms with van der Waals surface area (Å²) in [7, 11) is -3.65. The third kappa shape index (κ3) is 9.53. The highest BCUT2D eigenvalue weighted by molar-refractivity contribution is 7.92. The molecule has 0 spiro atoms. The van der Waals surface area contributed by atoms with Gasteiger partial charge >= 0.3 is 6.03 Å². The van der Waals surface area contributed by atoms with Gasteiger partial charge in [0.15, 0.2) is 9.84 Å². The Morgan fingerprint density at radius 1 is 0.855 bits per heavy atom. The Bertz CT molecular complexity index is 1600. The first-order chi connectivity index (χ1) is 25.6. The van der Waals surface area contributed by atoms with Gasteiger partial charge in [-0.15, -0.1) is 0 Å². The largest absolute Gasteiger partial charge is 0.347 e. The second kappa shape index (κ2) is 15.5. The van der Waals surface area contributed by atoms with Crippen LogP contribution in [0.2, 0.25) is 0 Å². The van der Waals surface area contributed by atoms with Crippen molar-refractivity contribution in [1.82, 2.24) is 31.1 Å². The summed E-state index contributed by atoms with van der Waals surface area (Å²) in [6, 6.07) is -3.45. The molecule has 5 amide bonds. The maximum Gasteiger partial charge on any atom is 0.315 e. The minimum Gasteiger partial charge on any atom is -0.347 e. The molecule has 2 saturated heterocycles. The SMILES string of the molecule is CC(C)(C)[C@H](NC(=O)NC1(CS(=O)(=O)C(C)(C)CN2CCCC2)CCCCC1)C(=O)N1C[C@H]2[C@@H]([C@H]1C(=O)N[C@@H](CCC1CC1)C(=O)C(=O)NC1CC1)C2(C)C. The van der Waals surface area contributed by atoms with Crippen LogP contribution in [-0.4, -0.2) is 114 Å². The quantitative estimate of drug-likeness (QED) is 0.172. The zero-order valence-corrected chi connectivity index (χ0v) is 35.2. The van der Waals surface area contributed by atoms with Crippen molar-refractivity contribution in [3.05, 3.63) is 0 Å². The van der Waals surface area contributed by atoms with Gasteiger partial charge in [0.1, 0.15) is 12.1 Å². The van der Waals surface area contributed by atoms with E-state index < -0.39 is 73.2 Å². The summed E-state index contributed by atoms with van der Waals surface area (Å²) in [4.78, 5) is 73.0. The van der Waals surface area contributed by atoms with Crippen LogP contribution in [0, 0.1) is 28.6 Å². The van der Waals surface area contributed by atoms with Gasteiger partial charge in [-0.05, 0) is 107 Å². The molecule has 0 bridgehead atoms. The second-order valence-corrected chi connectivity index (χ2v) is 22.9. The molecule has 0 unspecified atom stereocenters. The van der Waals surface area contributed by atoms with E-state index in [0.29, 0.717) is 38.3 Å². The van der Waals surface area contributed by atoms with Gasteiger partial charge in [-0.3, -0.25) is 19.2 Å². The number of ketones is 1.